The molecule has 0 aliphatic carbocycles. The van der Waals surface area contributed by atoms with Gasteiger partial charge in [0.25, 0.3) is 0 Å². The van der Waals surface area contributed by atoms with Crippen molar-refractivity contribution in [2.75, 3.05) is 11.9 Å². The van der Waals surface area contributed by atoms with Crippen LogP contribution in [0.2, 0.25) is 0 Å². The Morgan fingerprint density at radius 1 is 0.833 bits per heavy atom. The second kappa shape index (κ2) is 11.2. The Morgan fingerprint density at radius 2 is 1.50 bits per heavy atom. The Kier molecular flexibility index (Phi) is 7.80. The smallest absolute Gasteiger partial charge is 0.244 e. The largest absolute Gasteiger partial charge is 0.489 e. The lowest BCUT2D eigenvalue weighted by Gasteiger charge is -2.09. The Hall–Kier alpha value is -3.86. The maximum absolute atomic E-state index is 12.1. The number of amides is 2. The van der Waals surface area contributed by atoms with Gasteiger partial charge in [0.05, 0.1) is 0 Å². The first kappa shape index (κ1) is 20.9. The van der Waals surface area contributed by atoms with Gasteiger partial charge in [0.2, 0.25) is 11.8 Å². The predicted octanol–water partition coefficient (Wildman–Crippen LogP) is 4.42. The average molecular weight is 400 g/mol. The van der Waals surface area contributed by atoms with Crippen LogP contribution in [0.15, 0.2) is 91.0 Å². The molecule has 0 heterocycles. The summed E-state index contributed by atoms with van der Waals surface area (Å²) < 4.78 is 5.73. The molecule has 0 saturated carbocycles. The molecule has 30 heavy (non-hydrogen) atoms. The molecule has 0 radical (unpaired) electrons. The molecular weight excluding hydrogens is 376 g/mol. The molecule has 2 amide bonds. The van der Waals surface area contributed by atoms with Crippen LogP contribution in [0.1, 0.15) is 17.5 Å². The lowest BCUT2D eigenvalue weighted by atomic mass is 10.2. The van der Waals surface area contributed by atoms with Crippen molar-refractivity contribution in [3.05, 3.63) is 102 Å². The topological polar surface area (TPSA) is 67.4 Å². The molecule has 0 fully saturated rings. The number of carbonyl (C=O) groups is 2. The summed E-state index contributed by atoms with van der Waals surface area (Å²) in [5, 5.41) is 5.52. The van der Waals surface area contributed by atoms with E-state index in [0.29, 0.717) is 12.3 Å². The Morgan fingerprint density at radius 3 is 2.20 bits per heavy atom. The van der Waals surface area contributed by atoms with E-state index in [4.69, 9.17) is 4.74 Å². The van der Waals surface area contributed by atoms with E-state index in [9.17, 15) is 9.59 Å². The molecular formula is C25H24N2O3. The highest BCUT2D eigenvalue weighted by molar-refractivity contribution is 5.93. The molecule has 5 nitrogen and oxygen atoms in total. The fourth-order valence-electron chi connectivity index (χ4n) is 2.69. The molecule has 3 aromatic carbocycles. The first-order valence-corrected chi connectivity index (χ1v) is 9.77. The predicted molar refractivity (Wildman–Crippen MR) is 119 cm³/mol. The quantitative estimate of drug-likeness (QED) is 0.523. The van der Waals surface area contributed by atoms with E-state index in [0.717, 1.165) is 16.9 Å². The maximum Gasteiger partial charge on any atom is 0.244 e. The Balaban J connectivity index is 1.36. The summed E-state index contributed by atoms with van der Waals surface area (Å²) in [5.41, 5.74) is 2.72. The van der Waals surface area contributed by atoms with Gasteiger partial charge in [-0.15, -0.1) is 0 Å². The summed E-state index contributed by atoms with van der Waals surface area (Å²) in [4.78, 5) is 23.9. The molecule has 152 valence electrons. The number of rotatable bonds is 9. The summed E-state index contributed by atoms with van der Waals surface area (Å²) in [7, 11) is 0. The zero-order chi connectivity index (χ0) is 21.0. The van der Waals surface area contributed by atoms with Crippen LogP contribution < -0.4 is 15.4 Å². The van der Waals surface area contributed by atoms with Crippen LogP contribution in [0, 0.1) is 0 Å². The van der Waals surface area contributed by atoms with Gasteiger partial charge in [-0.1, -0.05) is 60.7 Å². The van der Waals surface area contributed by atoms with E-state index in [2.05, 4.69) is 10.6 Å². The van der Waals surface area contributed by atoms with Crippen molar-refractivity contribution in [3.8, 4) is 5.75 Å². The monoisotopic (exact) mass is 400 g/mol. The number of anilines is 1. The molecule has 3 aromatic rings. The van der Waals surface area contributed by atoms with Gasteiger partial charge in [-0.25, -0.2) is 0 Å². The van der Waals surface area contributed by atoms with Gasteiger partial charge < -0.3 is 15.4 Å². The van der Waals surface area contributed by atoms with E-state index in [1.54, 1.807) is 18.2 Å². The van der Waals surface area contributed by atoms with Gasteiger partial charge in [-0.05, 0) is 41.5 Å². The molecule has 0 atom stereocenters. The third kappa shape index (κ3) is 7.28. The number of nitrogens with one attached hydrogen (secondary N) is 2. The van der Waals surface area contributed by atoms with E-state index in [1.165, 1.54) is 6.08 Å². The highest BCUT2D eigenvalue weighted by Crippen LogP contribution is 2.17. The van der Waals surface area contributed by atoms with E-state index >= 15 is 0 Å². The number of hydrogen-bond donors (Lipinski definition) is 2. The lowest BCUT2D eigenvalue weighted by Crippen LogP contribution is -2.26. The molecule has 0 aliphatic heterocycles. The Labute approximate surface area is 176 Å². The zero-order valence-corrected chi connectivity index (χ0v) is 16.6. The van der Waals surface area contributed by atoms with Crippen LogP contribution in [-0.2, 0) is 16.2 Å². The van der Waals surface area contributed by atoms with Crippen molar-refractivity contribution in [2.24, 2.45) is 0 Å². The van der Waals surface area contributed by atoms with Crippen LogP contribution in [0.25, 0.3) is 6.08 Å². The van der Waals surface area contributed by atoms with Crippen molar-refractivity contribution in [1.29, 1.82) is 0 Å². The van der Waals surface area contributed by atoms with Crippen LogP contribution in [-0.4, -0.2) is 18.4 Å². The highest BCUT2D eigenvalue weighted by Gasteiger charge is 2.04. The first-order valence-electron chi connectivity index (χ1n) is 9.77. The molecule has 0 unspecified atom stereocenters. The number of hydrogen-bond acceptors (Lipinski definition) is 3. The van der Waals surface area contributed by atoms with E-state index in [-0.39, 0.29) is 24.8 Å². The van der Waals surface area contributed by atoms with Crippen molar-refractivity contribution in [3.63, 3.8) is 0 Å². The summed E-state index contributed by atoms with van der Waals surface area (Å²) >= 11 is 0. The molecule has 0 aromatic heterocycles. The van der Waals surface area contributed by atoms with Crippen LogP contribution >= 0.6 is 0 Å². The van der Waals surface area contributed by atoms with Crippen molar-refractivity contribution < 1.29 is 14.3 Å². The molecule has 0 spiro atoms. The molecule has 2 N–H and O–H groups in total. The molecule has 3 rings (SSSR count). The van der Waals surface area contributed by atoms with Crippen LogP contribution in [0.5, 0.6) is 5.75 Å². The van der Waals surface area contributed by atoms with Crippen LogP contribution in [0.3, 0.4) is 0 Å². The van der Waals surface area contributed by atoms with Crippen molar-refractivity contribution >= 4 is 23.6 Å². The fourth-order valence-corrected chi connectivity index (χ4v) is 2.69. The number of benzene rings is 3. The van der Waals surface area contributed by atoms with Gasteiger partial charge >= 0.3 is 0 Å². The van der Waals surface area contributed by atoms with E-state index < -0.39 is 0 Å². The summed E-state index contributed by atoms with van der Waals surface area (Å²) in [6, 6.07) is 26.7. The van der Waals surface area contributed by atoms with Gasteiger partial charge in [0.15, 0.2) is 0 Å². The minimum atomic E-state index is -0.230. The van der Waals surface area contributed by atoms with E-state index in [1.807, 2.05) is 72.8 Å². The van der Waals surface area contributed by atoms with Gasteiger partial charge in [-0.3, -0.25) is 9.59 Å². The van der Waals surface area contributed by atoms with Crippen molar-refractivity contribution in [1.82, 2.24) is 5.32 Å². The molecule has 0 aliphatic rings. The summed E-state index contributed by atoms with van der Waals surface area (Å²) in [6.45, 7) is 0.757. The number of carbonyl (C=O) groups excluding carboxylic acids is 2. The highest BCUT2D eigenvalue weighted by atomic mass is 16.5. The van der Waals surface area contributed by atoms with Gasteiger partial charge in [-0.2, -0.15) is 0 Å². The second-order valence-corrected chi connectivity index (χ2v) is 6.63. The lowest BCUT2D eigenvalue weighted by molar-refractivity contribution is -0.117. The normalized spacial score (nSPS) is 10.5. The van der Waals surface area contributed by atoms with Gasteiger partial charge in [0.1, 0.15) is 12.4 Å². The minimum Gasteiger partial charge on any atom is -0.489 e. The Bertz CT molecular complexity index is 968. The summed E-state index contributed by atoms with van der Waals surface area (Å²) in [5.74, 6) is 0.334. The van der Waals surface area contributed by atoms with Crippen LogP contribution in [0.4, 0.5) is 5.69 Å². The number of ether oxygens (including phenoxy) is 1. The van der Waals surface area contributed by atoms with Crippen molar-refractivity contribution in [2.45, 2.75) is 13.0 Å². The minimum absolute atomic E-state index is 0.166. The third-order valence-corrected chi connectivity index (χ3v) is 4.26. The summed E-state index contributed by atoms with van der Waals surface area (Å²) in [6.07, 6.45) is 3.38. The molecule has 0 bridgehead atoms. The molecule has 5 heteroatoms. The molecule has 0 saturated heterocycles. The standard InChI is InChI=1S/C25H24N2O3/c28-24(16-11-20-7-3-1-4-8-20)26-18-17-25(29)27-22-12-14-23(15-13-22)30-19-21-9-5-2-6-10-21/h1-16H,17-19H2,(H,26,28)(H,27,29)/b16-11+. The maximum atomic E-state index is 12.1. The third-order valence-electron chi connectivity index (χ3n) is 4.26. The first-order chi connectivity index (χ1) is 14.7. The fraction of sp³-hybridized carbons (Fsp3) is 0.120. The SMILES string of the molecule is O=C(/C=C/c1ccccc1)NCCC(=O)Nc1ccc(OCc2ccccc2)cc1. The van der Waals surface area contributed by atoms with Gasteiger partial charge in [0, 0.05) is 24.7 Å². The average Bonchev–Trinajstić information content (AvgIpc) is 2.79. The second-order valence-electron chi connectivity index (χ2n) is 6.63. The zero-order valence-electron chi connectivity index (χ0n) is 16.6.